The summed E-state index contributed by atoms with van der Waals surface area (Å²) in [4.78, 5) is 11.5. The quantitative estimate of drug-likeness (QED) is 0.280. The molecular weight excluding hydrogens is 402 g/mol. The molecule has 2 aromatic heterocycles. The summed E-state index contributed by atoms with van der Waals surface area (Å²) < 4.78 is 29.9. The van der Waals surface area contributed by atoms with Crippen molar-refractivity contribution in [3.8, 4) is 5.88 Å². The SMILES string of the molecule is CC[C@@](C)(N=[N+]=[N-])c1cnc(OC2CC(S(=O)(=O)CC)C2)c2cnc(Cl)cc12. The Bertz CT molecular complexity index is 1050. The Hall–Kier alpha value is -2.09. The largest absolute Gasteiger partial charge is 0.474 e. The minimum atomic E-state index is -3.05. The summed E-state index contributed by atoms with van der Waals surface area (Å²) in [6.45, 7) is 5.42. The van der Waals surface area contributed by atoms with Crippen molar-refractivity contribution < 1.29 is 13.2 Å². The van der Waals surface area contributed by atoms with Gasteiger partial charge in [-0.25, -0.2) is 18.4 Å². The molecule has 28 heavy (non-hydrogen) atoms. The molecule has 0 bridgehead atoms. The molecule has 8 nitrogen and oxygen atoms in total. The minimum Gasteiger partial charge on any atom is -0.474 e. The zero-order chi connectivity index (χ0) is 20.5. The number of fused-ring (bicyclic) bond motifs is 1. The smallest absolute Gasteiger partial charge is 0.223 e. The standard InChI is InChI=1S/C18H22ClN5O3S/c1-4-18(3,23-24-20)15-10-22-17(14-9-21-16(19)8-13(14)15)27-11-6-12(7-11)28(25,26)5-2/h8-12H,4-7H2,1-3H3/t11?,12?,18-/m1/s1. The van der Waals surface area contributed by atoms with Crippen LogP contribution in [-0.2, 0) is 15.4 Å². The van der Waals surface area contributed by atoms with Crippen molar-refractivity contribution in [2.45, 2.75) is 56.9 Å². The molecule has 0 unspecified atom stereocenters. The number of hydrogen-bond donors (Lipinski definition) is 0. The Morgan fingerprint density at radius 3 is 2.64 bits per heavy atom. The second kappa shape index (κ2) is 7.73. The third-order valence-electron chi connectivity index (χ3n) is 5.48. The van der Waals surface area contributed by atoms with Gasteiger partial charge in [0.05, 0.1) is 16.2 Å². The highest BCUT2D eigenvalue weighted by atomic mass is 35.5. The molecule has 2 heterocycles. The third-order valence-corrected chi connectivity index (χ3v) is 7.89. The van der Waals surface area contributed by atoms with E-state index in [1.165, 1.54) is 0 Å². The molecule has 3 rings (SSSR count). The van der Waals surface area contributed by atoms with Crippen LogP contribution < -0.4 is 4.74 Å². The lowest BCUT2D eigenvalue weighted by Crippen LogP contribution is -2.43. The van der Waals surface area contributed by atoms with E-state index in [0.29, 0.717) is 35.7 Å². The first-order chi connectivity index (χ1) is 13.2. The highest BCUT2D eigenvalue weighted by molar-refractivity contribution is 7.92. The highest BCUT2D eigenvalue weighted by Crippen LogP contribution is 2.39. The number of ether oxygens (including phenoxy) is 1. The zero-order valence-corrected chi connectivity index (χ0v) is 17.5. The van der Waals surface area contributed by atoms with Crippen molar-refractivity contribution in [2.24, 2.45) is 5.11 Å². The molecule has 0 amide bonds. The molecule has 1 saturated carbocycles. The summed E-state index contributed by atoms with van der Waals surface area (Å²) in [5.41, 5.74) is 8.91. The lowest BCUT2D eigenvalue weighted by molar-refractivity contribution is 0.119. The molecule has 0 saturated heterocycles. The molecule has 150 valence electrons. The van der Waals surface area contributed by atoms with Gasteiger partial charge >= 0.3 is 0 Å². The fraction of sp³-hybridized carbons (Fsp3) is 0.556. The molecule has 1 atom stereocenters. The number of pyridine rings is 2. The summed E-state index contributed by atoms with van der Waals surface area (Å²) in [5, 5.41) is 5.31. The van der Waals surface area contributed by atoms with Crippen molar-refractivity contribution in [1.29, 1.82) is 0 Å². The van der Waals surface area contributed by atoms with Crippen molar-refractivity contribution in [2.75, 3.05) is 5.75 Å². The second-order valence-corrected chi connectivity index (χ2v) is 10.1. The minimum absolute atomic E-state index is 0.137. The van der Waals surface area contributed by atoms with Gasteiger partial charge in [-0.3, -0.25) is 0 Å². The fourth-order valence-electron chi connectivity index (χ4n) is 3.32. The van der Waals surface area contributed by atoms with Gasteiger partial charge in [0, 0.05) is 35.9 Å². The van der Waals surface area contributed by atoms with Gasteiger partial charge in [-0.05, 0) is 35.9 Å². The third kappa shape index (κ3) is 3.74. The monoisotopic (exact) mass is 423 g/mol. The Morgan fingerprint density at radius 2 is 2.04 bits per heavy atom. The lowest BCUT2D eigenvalue weighted by Gasteiger charge is -2.34. The Kier molecular flexibility index (Phi) is 5.70. The maximum Gasteiger partial charge on any atom is 0.223 e. The van der Waals surface area contributed by atoms with Gasteiger partial charge in [0.2, 0.25) is 5.88 Å². The maximum atomic E-state index is 11.9. The first kappa shape index (κ1) is 20.6. The van der Waals surface area contributed by atoms with Gasteiger partial charge in [0.15, 0.2) is 9.84 Å². The van der Waals surface area contributed by atoms with Gasteiger partial charge < -0.3 is 4.74 Å². The fourth-order valence-corrected chi connectivity index (χ4v) is 4.97. The highest BCUT2D eigenvalue weighted by Gasteiger charge is 2.39. The van der Waals surface area contributed by atoms with Crippen LogP contribution in [0.2, 0.25) is 5.15 Å². The van der Waals surface area contributed by atoms with Crippen LogP contribution in [0.1, 0.15) is 45.6 Å². The van der Waals surface area contributed by atoms with Crippen LogP contribution in [0, 0.1) is 0 Å². The lowest BCUT2D eigenvalue weighted by atomic mass is 9.88. The summed E-state index contributed by atoms with van der Waals surface area (Å²) >= 11 is 6.10. The summed E-state index contributed by atoms with van der Waals surface area (Å²) in [7, 11) is -3.05. The van der Waals surface area contributed by atoms with Crippen LogP contribution in [-0.4, -0.2) is 35.5 Å². The summed E-state index contributed by atoms with van der Waals surface area (Å²) in [6, 6.07) is 1.70. The van der Waals surface area contributed by atoms with Gasteiger partial charge in [-0.1, -0.05) is 30.6 Å². The van der Waals surface area contributed by atoms with Crippen LogP contribution >= 0.6 is 11.6 Å². The van der Waals surface area contributed by atoms with Gasteiger partial charge in [-0.15, -0.1) is 0 Å². The molecule has 1 aliphatic carbocycles. The van der Waals surface area contributed by atoms with Crippen LogP contribution in [0.25, 0.3) is 21.2 Å². The Balaban J connectivity index is 1.96. The van der Waals surface area contributed by atoms with Gasteiger partial charge in [0.1, 0.15) is 11.3 Å². The number of rotatable bonds is 7. The molecule has 0 radical (unpaired) electrons. The molecule has 0 aliphatic heterocycles. The molecule has 0 aromatic carbocycles. The van der Waals surface area contributed by atoms with E-state index in [9.17, 15) is 8.42 Å². The van der Waals surface area contributed by atoms with Crippen molar-refractivity contribution in [1.82, 2.24) is 9.97 Å². The predicted octanol–water partition coefficient (Wildman–Crippen LogP) is 4.56. The van der Waals surface area contributed by atoms with Gasteiger partial charge in [0.25, 0.3) is 0 Å². The van der Waals surface area contributed by atoms with E-state index in [1.54, 1.807) is 25.4 Å². The van der Waals surface area contributed by atoms with E-state index in [4.69, 9.17) is 21.9 Å². The second-order valence-electron chi connectivity index (χ2n) is 7.13. The van der Waals surface area contributed by atoms with E-state index >= 15 is 0 Å². The molecule has 0 N–H and O–H groups in total. The predicted molar refractivity (Wildman–Crippen MR) is 108 cm³/mol. The van der Waals surface area contributed by atoms with Crippen LogP contribution in [0.3, 0.4) is 0 Å². The number of aromatic nitrogens is 2. The van der Waals surface area contributed by atoms with E-state index in [1.807, 2.05) is 13.8 Å². The van der Waals surface area contributed by atoms with Crippen LogP contribution in [0.15, 0.2) is 23.6 Å². The average Bonchev–Trinajstić information content (AvgIpc) is 2.63. The molecule has 2 aromatic rings. The number of nitrogens with zero attached hydrogens (tertiary/aromatic N) is 5. The topological polar surface area (TPSA) is 118 Å². The number of sulfone groups is 1. The Morgan fingerprint density at radius 1 is 1.32 bits per heavy atom. The maximum absolute atomic E-state index is 11.9. The van der Waals surface area contributed by atoms with Crippen molar-refractivity contribution in [3.05, 3.63) is 39.6 Å². The van der Waals surface area contributed by atoms with E-state index in [-0.39, 0.29) is 17.1 Å². The first-order valence-electron chi connectivity index (χ1n) is 9.13. The Labute approximate surface area is 168 Å². The summed E-state index contributed by atoms with van der Waals surface area (Å²) in [6.07, 6.45) is 4.48. The molecule has 0 spiro atoms. The number of azide groups is 1. The molecule has 10 heteroatoms. The van der Waals surface area contributed by atoms with Crippen molar-refractivity contribution in [3.63, 3.8) is 0 Å². The van der Waals surface area contributed by atoms with Crippen LogP contribution in [0.5, 0.6) is 5.88 Å². The van der Waals surface area contributed by atoms with Crippen molar-refractivity contribution >= 4 is 32.2 Å². The van der Waals surface area contributed by atoms with E-state index in [2.05, 4.69) is 20.0 Å². The van der Waals surface area contributed by atoms with Gasteiger partial charge in [-0.2, -0.15) is 0 Å². The van der Waals surface area contributed by atoms with E-state index in [0.717, 1.165) is 10.9 Å². The summed E-state index contributed by atoms with van der Waals surface area (Å²) in [5.74, 6) is 0.511. The molecular formula is C18H22ClN5O3S. The normalized spacial score (nSPS) is 21.4. The van der Waals surface area contributed by atoms with Crippen LogP contribution in [0.4, 0.5) is 0 Å². The average molecular weight is 424 g/mol. The molecule has 1 aliphatic rings. The molecule has 1 fully saturated rings. The number of hydrogen-bond acceptors (Lipinski definition) is 6. The first-order valence-corrected chi connectivity index (χ1v) is 11.2. The zero-order valence-electron chi connectivity index (χ0n) is 16.0. The number of halogens is 1. The van der Waals surface area contributed by atoms with E-state index < -0.39 is 15.4 Å².